The lowest BCUT2D eigenvalue weighted by molar-refractivity contribution is 0.0697. The number of benzene rings is 1. The standard InChI is InChI=1S/C14H10N2O3/c17-13-6-2-5-12-15-11(8-16(12)13)9-3-1-4-10(7-9)14(18)19/h1-8,15H,(H,18,19). The van der Waals surface area contributed by atoms with Gasteiger partial charge in [-0.1, -0.05) is 18.2 Å². The summed E-state index contributed by atoms with van der Waals surface area (Å²) in [5, 5.41) is 8.97. The quantitative estimate of drug-likeness (QED) is 0.734. The molecule has 1 aromatic carbocycles. The zero-order chi connectivity index (χ0) is 13.4. The fourth-order valence-electron chi connectivity index (χ4n) is 2.00. The summed E-state index contributed by atoms with van der Waals surface area (Å²) in [5.41, 5.74) is 2.18. The first-order valence-corrected chi connectivity index (χ1v) is 5.69. The maximum atomic E-state index is 11.6. The van der Waals surface area contributed by atoms with Crippen LogP contribution >= 0.6 is 0 Å². The number of aromatic nitrogens is 2. The second-order valence-corrected chi connectivity index (χ2v) is 4.17. The van der Waals surface area contributed by atoms with Crippen LogP contribution in [0.5, 0.6) is 0 Å². The fourth-order valence-corrected chi connectivity index (χ4v) is 2.00. The van der Waals surface area contributed by atoms with Gasteiger partial charge in [-0.2, -0.15) is 0 Å². The van der Waals surface area contributed by atoms with E-state index in [0.717, 1.165) is 5.56 Å². The van der Waals surface area contributed by atoms with Crippen LogP contribution in [0.25, 0.3) is 16.9 Å². The average Bonchev–Trinajstić information content (AvgIpc) is 2.84. The number of carboxylic acid groups (broad SMARTS) is 1. The van der Waals surface area contributed by atoms with Gasteiger partial charge in [0.15, 0.2) is 0 Å². The SMILES string of the molecule is O=C(O)c1cccc(-c2cn3c(=O)cccc3[nH]2)c1. The summed E-state index contributed by atoms with van der Waals surface area (Å²) in [6, 6.07) is 11.5. The van der Waals surface area contributed by atoms with Crippen LogP contribution in [0.15, 0.2) is 53.5 Å². The highest BCUT2D eigenvalue weighted by Gasteiger charge is 2.07. The molecule has 0 saturated carbocycles. The van der Waals surface area contributed by atoms with Gasteiger partial charge in [0, 0.05) is 17.8 Å². The van der Waals surface area contributed by atoms with E-state index in [0.29, 0.717) is 11.3 Å². The minimum atomic E-state index is -0.977. The third kappa shape index (κ3) is 1.91. The average molecular weight is 254 g/mol. The van der Waals surface area contributed by atoms with Gasteiger partial charge in [-0.3, -0.25) is 9.20 Å². The number of rotatable bonds is 2. The van der Waals surface area contributed by atoms with Gasteiger partial charge in [0.2, 0.25) is 0 Å². The van der Waals surface area contributed by atoms with E-state index in [1.54, 1.807) is 36.5 Å². The number of imidazole rings is 1. The Morgan fingerprint density at radius 3 is 2.68 bits per heavy atom. The summed E-state index contributed by atoms with van der Waals surface area (Å²) < 4.78 is 1.49. The molecule has 0 unspecified atom stereocenters. The molecular formula is C14H10N2O3. The van der Waals surface area contributed by atoms with E-state index >= 15 is 0 Å². The molecular weight excluding hydrogens is 244 g/mol. The number of carbonyl (C=O) groups is 1. The minimum absolute atomic E-state index is 0.130. The van der Waals surface area contributed by atoms with Crippen molar-refractivity contribution in [1.82, 2.24) is 9.38 Å². The Morgan fingerprint density at radius 2 is 1.95 bits per heavy atom. The molecule has 2 heterocycles. The number of aromatic amines is 1. The number of aromatic carboxylic acids is 1. The number of carboxylic acids is 1. The van der Waals surface area contributed by atoms with Crippen LogP contribution in [-0.4, -0.2) is 20.5 Å². The van der Waals surface area contributed by atoms with Crippen molar-refractivity contribution in [3.05, 3.63) is 64.6 Å². The number of H-pyrrole nitrogens is 1. The molecule has 0 aliphatic rings. The van der Waals surface area contributed by atoms with E-state index in [2.05, 4.69) is 4.98 Å². The Kier molecular flexibility index (Phi) is 2.45. The third-order valence-corrected chi connectivity index (χ3v) is 2.93. The highest BCUT2D eigenvalue weighted by atomic mass is 16.4. The van der Waals surface area contributed by atoms with Crippen molar-refractivity contribution in [2.24, 2.45) is 0 Å². The molecule has 3 rings (SSSR count). The molecule has 0 radical (unpaired) electrons. The van der Waals surface area contributed by atoms with Crippen LogP contribution in [-0.2, 0) is 0 Å². The summed E-state index contributed by atoms with van der Waals surface area (Å²) >= 11 is 0. The van der Waals surface area contributed by atoms with Gasteiger partial charge < -0.3 is 10.1 Å². The molecule has 2 aromatic heterocycles. The predicted molar refractivity (Wildman–Crippen MR) is 70.4 cm³/mol. The van der Waals surface area contributed by atoms with Gasteiger partial charge in [-0.25, -0.2) is 4.79 Å². The molecule has 5 nitrogen and oxygen atoms in total. The molecule has 3 aromatic rings. The molecule has 0 atom stereocenters. The number of nitrogens with zero attached hydrogens (tertiary/aromatic N) is 1. The third-order valence-electron chi connectivity index (χ3n) is 2.93. The Morgan fingerprint density at radius 1 is 1.16 bits per heavy atom. The fraction of sp³-hybridized carbons (Fsp3) is 0. The molecule has 0 fully saturated rings. The molecule has 0 aliphatic carbocycles. The minimum Gasteiger partial charge on any atom is -0.478 e. The van der Waals surface area contributed by atoms with Gasteiger partial charge in [0.05, 0.1) is 11.3 Å². The highest BCUT2D eigenvalue weighted by molar-refractivity contribution is 5.89. The van der Waals surface area contributed by atoms with Gasteiger partial charge >= 0.3 is 5.97 Å². The van der Waals surface area contributed by atoms with Crippen molar-refractivity contribution in [2.75, 3.05) is 0 Å². The molecule has 0 aliphatic heterocycles. The van der Waals surface area contributed by atoms with Crippen LogP contribution in [0.2, 0.25) is 0 Å². The molecule has 0 bridgehead atoms. The first-order valence-electron chi connectivity index (χ1n) is 5.69. The van der Waals surface area contributed by atoms with Crippen LogP contribution < -0.4 is 5.56 Å². The molecule has 5 heteroatoms. The van der Waals surface area contributed by atoms with Crippen LogP contribution in [0.3, 0.4) is 0 Å². The Bertz CT molecular complexity index is 830. The molecule has 19 heavy (non-hydrogen) atoms. The van der Waals surface area contributed by atoms with E-state index in [1.807, 2.05) is 0 Å². The largest absolute Gasteiger partial charge is 0.478 e. The maximum Gasteiger partial charge on any atom is 0.335 e. The summed E-state index contributed by atoms with van der Waals surface area (Å²) in [5.74, 6) is -0.977. The first-order chi connectivity index (χ1) is 9.15. The first kappa shape index (κ1) is 11.3. The number of hydrogen-bond donors (Lipinski definition) is 2. The second-order valence-electron chi connectivity index (χ2n) is 4.17. The smallest absolute Gasteiger partial charge is 0.335 e. The summed E-state index contributed by atoms with van der Waals surface area (Å²) in [4.78, 5) is 25.7. The van der Waals surface area contributed by atoms with Gasteiger partial charge in [0.1, 0.15) is 5.65 Å². The zero-order valence-electron chi connectivity index (χ0n) is 9.83. The molecule has 94 valence electrons. The number of nitrogens with one attached hydrogen (secondary N) is 1. The van der Waals surface area contributed by atoms with E-state index < -0.39 is 5.97 Å². The molecule has 0 amide bonds. The van der Waals surface area contributed by atoms with E-state index in [9.17, 15) is 9.59 Å². The summed E-state index contributed by atoms with van der Waals surface area (Å²) in [6.45, 7) is 0. The van der Waals surface area contributed by atoms with Crippen molar-refractivity contribution in [3.8, 4) is 11.3 Å². The van der Waals surface area contributed by atoms with Crippen LogP contribution in [0, 0.1) is 0 Å². The molecule has 0 saturated heterocycles. The Hall–Kier alpha value is -2.82. The van der Waals surface area contributed by atoms with Crippen LogP contribution in [0.4, 0.5) is 0 Å². The lowest BCUT2D eigenvalue weighted by atomic mass is 10.1. The van der Waals surface area contributed by atoms with Crippen molar-refractivity contribution < 1.29 is 9.90 Å². The monoisotopic (exact) mass is 254 g/mol. The predicted octanol–water partition coefficient (Wildman–Crippen LogP) is 1.99. The summed E-state index contributed by atoms with van der Waals surface area (Å²) in [6.07, 6.45) is 1.67. The summed E-state index contributed by atoms with van der Waals surface area (Å²) in [7, 11) is 0. The Balaban J connectivity index is 2.19. The highest BCUT2D eigenvalue weighted by Crippen LogP contribution is 2.19. The second kappa shape index (κ2) is 4.13. The lowest BCUT2D eigenvalue weighted by Crippen LogP contribution is -2.08. The Labute approximate surface area is 107 Å². The van der Waals surface area contributed by atoms with Gasteiger partial charge in [0.25, 0.3) is 5.56 Å². The number of fused-ring (bicyclic) bond motifs is 1. The molecule has 2 N–H and O–H groups in total. The molecule has 0 spiro atoms. The van der Waals surface area contributed by atoms with E-state index in [4.69, 9.17) is 5.11 Å². The van der Waals surface area contributed by atoms with Crippen molar-refractivity contribution in [2.45, 2.75) is 0 Å². The van der Waals surface area contributed by atoms with Crippen molar-refractivity contribution >= 4 is 11.6 Å². The lowest BCUT2D eigenvalue weighted by Gasteiger charge is -1.99. The maximum absolute atomic E-state index is 11.6. The topological polar surface area (TPSA) is 74.6 Å². The number of hydrogen-bond acceptors (Lipinski definition) is 2. The van der Waals surface area contributed by atoms with Crippen LogP contribution in [0.1, 0.15) is 10.4 Å². The van der Waals surface area contributed by atoms with Crippen molar-refractivity contribution in [1.29, 1.82) is 0 Å². The van der Waals surface area contributed by atoms with E-state index in [1.165, 1.54) is 16.5 Å². The van der Waals surface area contributed by atoms with E-state index in [-0.39, 0.29) is 11.1 Å². The van der Waals surface area contributed by atoms with Crippen molar-refractivity contribution in [3.63, 3.8) is 0 Å². The normalized spacial score (nSPS) is 10.7. The van der Waals surface area contributed by atoms with Gasteiger partial charge in [-0.05, 0) is 18.2 Å². The van der Waals surface area contributed by atoms with Gasteiger partial charge in [-0.15, -0.1) is 0 Å². The zero-order valence-corrected chi connectivity index (χ0v) is 9.83. The number of pyridine rings is 1.